The molecule has 0 bridgehead atoms. The number of thiocarbonyl (C=S) groups is 1. The lowest BCUT2D eigenvalue weighted by Crippen LogP contribution is -2.37. The highest BCUT2D eigenvalue weighted by molar-refractivity contribution is 7.80. The van der Waals surface area contributed by atoms with Gasteiger partial charge in [-0.25, -0.2) is 0 Å². The quantitative estimate of drug-likeness (QED) is 0.717. The molecule has 0 aliphatic rings. The Balaban J connectivity index is 1.87. The molecule has 2 aromatic rings. The van der Waals surface area contributed by atoms with E-state index in [0.29, 0.717) is 26.5 Å². The van der Waals surface area contributed by atoms with Gasteiger partial charge in [0.1, 0.15) is 5.75 Å². The topological polar surface area (TPSA) is 50.4 Å². The van der Waals surface area contributed by atoms with Crippen LogP contribution in [0.5, 0.6) is 5.75 Å². The van der Waals surface area contributed by atoms with Gasteiger partial charge < -0.3 is 10.1 Å². The van der Waals surface area contributed by atoms with Crippen molar-refractivity contribution in [2.24, 2.45) is 0 Å². The smallest absolute Gasteiger partial charge is 0.264 e. The van der Waals surface area contributed by atoms with Crippen LogP contribution in [-0.2, 0) is 4.79 Å². The Kier molecular flexibility index (Phi) is 6.69. The SMILES string of the molecule is Cc1cc(Cl)ccc1OCC(=O)NC(=S)Nc1cccc(Cl)c1Cl. The molecule has 2 aromatic carbocycles. The van der Waals surface area contributed by atoms with Crippen LogP contribution >= 0.6 is 47.0 Å². The maximum absolute atomic E-state index is 11.9. The zero-order chi connectivity index (χ0) is 17.7. The number of hydrogen-bond donors (Lipinski definition) is 2. The molecule has 0 aliphatic carbocycles. The monoisotopic (exact) mass is 402 g/mol. The highest BCUT2D eigenvalue weighted by atomic mass is 35.5. The normalized spacial score (nSPS) is 10.2. The van der Waals surface area contributed by atoms with Crippen molar-refractivity contribution in [1.82, 2.24) is 5.32 Å². The third-order valence-corrected chi connectivity index (χ3v) is 4.21. The fourth-order valence-electron chi connectivity index (χ4n) is 1.83. The van der Waals surface area contributed by atoms with E-state index in [2.05, 4.69) is 10.6 Å². The van der Waals surface area contributed by atoms with E-state index in [1.54, 1.807) is 36.4 Å². The lowest BCUT2D eigenvalue weighted by atomic mass is 10.2. The molecule has 1 amide bonds. The van der Waals surface area contributed by atoms with Gasteiger partial charge in [-0.2, -0.15) is 0 Å². The van der Waals surface area contributed by atoms with Crippen molar-refractivity contribution in [1.29, 1.82) is 0 Å². The summed E-state index contributed by atoms with van der Waals surface area (Å²) in [5.41, 5.74) is 1.34. The molecule has 8 heteroatoms. The molecule has 0 saturated carbocycles. The second-order valence-corrected chi connectivity index (χ2v) is 6.43. The summed E-state index contributed by atoms with van der Waals surface area (Å²) in [7, 11) is 0. The van der Waals surface area contributed by atoms with Crippen LogP contribution in [0.15, 0.2) is 36.4 Å². The molecule has 126 valence electrons. The summed E-state index contributed by atoms with van der Waals surface area (Å²) in [5.74, 6) is 0.173. The molecule has 0 heterocycles. The van der Waals surface area contributed by atoms with Crippen molar-refractivity contribution in [3.8, 4) is 5.75 Å². The van der Waals surface area contributed by atoms with Gasteiger partial charge in [-0.1, -0.05) is 40.9 Å². The Labute approximate surface area is 160 Å². The Bertz CT molecular complexity index is 784. The van der Waals surface area contributed by atoms with Gasteiger partial charge in [0, 0.05) is 5.02 Å². The number of aryl methyl sites for hydroxylation is 1. The molecule has 0 radical (unpaired) electrons. The molecule has 24 heavy (non-hydrogen) atoms. The number of anilines is 1. The molecule has 0 spiro atoms. The summed E-state index contributed by atoms with van der Waals surface area (Å²) in [6, 6.07) is 10.2. The van der Waals surface area contributed by atoms with Gasteiger partial charge in [0.2, 0.25) is 0 Å². The Morgan fingerprint density at radius 1 is 1.21 bits per heavy atom. The molecular formula is C16H13Cl3N2O2S. The van der Waals surface area contributed by atoms with E-state index in [9.17, 15) is 4.79 Å². The first kappa shape index (κ1) is 18.8. The Morgan fingerprint density at radius 3 is 2.67 bits per heavy atom. The van der Waals surface area contributed by atoms with Crippen molar-refractivity contribution in [3.63, 3.8) is 0 Å². The van der Waals surface area contributed by atoms with Crippen LogP contribution < -0.4 is 15.4 Å². The number of halogens is 3. The molecule has 0 unspecified atom stereocenters. The van der Waals surface area contributed by atoms with Gasteiger partial charge in [0.25, 0.3) is 5.91 Å². The zero-order valence-electron chi connectivity index (χ0n) is 12.5. The largest absolute Gasteiger partial charge is 0.483 e. The highest BCUT2D eigenvalue weighted by Crippen LogP contribution is 2.29. The van der Waals surface area contributed by atoms with E-state index in [1.807, 2.05) is 6.92 Å². The lowest BCUT2D eigenvalue weighted by Gasteiger charge is -2.12. The van der Waals surface area contributed by atoms with Gasteiger partial charge in [0.05, 0.1) is 15.7 Å². The van der Waals surface area contributed by atoms with Crippen LogP contribution in [0.3, 0.4) is 0 Å². The van der Waals surface area contributed by atoms with Gasteiger partial charge >= 0.3 is 0 Å². The van der Waals surface area contributed by atoms with E-state index in [-0.39, 0.29) is 11.7 Å². The molecule has 2 N–H and O–H groups in total. The minimum atomic E-state index is -0.403. The molecule has 0 fully saturated rings. The molecule has 0 aromatic heterocycles. The fraction of sp³-hybridized carbons (Fsp3) is 0.125. The molecule has 0 atom stereocenters. The maximum Gasteiger partial charge on any atom is 0.264 e. The summed E-state index contributed by atoms with van der Waals surface area (Å²) in [5, 5.41) is 6.73. The predicted molar refractivity (Wildman–Crippen MR) is 103 cm³/mol. The molecule has 0 aliphatic heterocycles. The number of rotatable bonds is 4. The van der Waals surface area contributed by atoms with Crippen LogP contribution in [-0.4, -0.2) is 17.6 Å². The zero-order valence-corrected chi connectivity index (χ0v) is 15.6. The average molecular weight is 404 g/mol. The van der Waals surface area contributed by atoms with Gasteiger partial charge in [-0.15, -0.1) is 0 Å². The predicted octanol–water partition coefficient (Wildman–Crippen LogP) is 4.85. The second kappa shape index (κ2) is 8.53. The van der Waals surface area contributed by atoms with Crippen LogP contribution in [0.1, 0.15) is 5.56 Å². The number of hydrogen-bond acceptors (Lipinski definition) is 3. The minimum Gasteiger partial charge on any atom is -0.483 e. The maximum atomic E-state index is 11.9. The standard InChI is InChI=1S/C16H13Cl3N2O2S/c1-9-7-10(17)5-6-13(9)23-8-14(22)21-16(24)20-12-4-2-3-11(18)15(12)19/h2-7H,8H2,1H3,(H2,20,21,22,24). The number of carbonyl (C=O) groups excluding carboxylic acids is 1. The van der Waals surface area contributed by atoms with Crippen LogP contribution in [0.2, 0.25) is 15.1 Å². The Morgan fingerprint density at radius 2 is 1.96 bits per heavy atom. The number of amides is 1. The van der Waals surface area contributed by atoms with Crippen molar-refractivity contribution in [2.75, 3.05) is 11.9 Å². The molecule has 0 saturated heterocycles. The van der Waals surface area contributed by atoms with E-state index < -0.39 is 5.91 Å². The van der Waals surface area contributed by atoms with Crippen molar-refractivity contribution in [2.45, 2.75) is 6.92 Å². The molecule has 4 nitrogen and oxygen atoms in total. The highest BCUT2D eigenvalue weighted by Gasteiger charge is 2.10. The second-order valence-electron chi connectivity index (χ2n) is 4.80. The van der Waals surface area contributed by atoms with E-state index in [1.165, 1.54) is 0 Å². The van der Waals surface area contributed by atoms with Crippen molar-refractivity contribution in [3.05, 3.63) is 57.0 Å². The van der Waals surface area contributed by atoms with Crippen LogP contribution in [0.25, 0.3) is 0 Å². The Hall–Kier alpha value is -1.53. The minimum absolute atomic E-state index is 0.0978. The number of nitrogens with one attached hydrogen (secondary N) is 2. The molecular weight excluding hydrogens is 391 g/mol. The number of carbonyl (C=O) groups is 1. The van der Waals surface area contributed by atoms with Gasteiger partial charge in [0.15, 0.2) is 11.7 Å². The van der Waals surface area contributed by atoms with Crippen molar-refractivity contribution < 1.29 is 9.53 Å². The van der Waals surface area contributed by atoms with Crippen LogP contribution in [0.4, 0.5) is 5.69 Å². The summed E-state index contributed by atoms with van der Waals surface area (Å²) in [6.07, 6.45) is 0. The van der Waals surface area contributed by atoms with E-state index >= 15 is 0 Å². The first-order valence-electron chi connectivity index (χ1n) is 6.80. The fourth-order valence-corrected chi connectivity index (χ4v) is 2.63. The summed E-state index contributed by atoms with van der Waals surface area (Å²) in [4.78, 5) is 11.9. The van der Waals surface area contributed by atoms with E-state index in [4.69, 9.17) is 51.8 Å². The summed E-state index contributed by atoms with van der Waals surface area (Å²) >= 11 is 22.9. The summed E-state index contributed by atoms with van der Waals surface area (Å²) in [6.45, 7) is 1.65. The third kappa shape index (κ3) is 5.24. The van der Waals surface area contributed by atoms with Crippen molar-refractivity contribution >= 4 is 63.7 Å². The summed E-state index contributed by atoms with van der Waals surface area (Å²) < 4.78 is 5.44. The number of ether oxygens (including phenoxy) is 1. The van der Waals surface area contributed by atoms with Crippen LogP contribution in [0, 0.1) is 6.92 Å². The first-order chi connectivity index (χ1) is 11.4. The van der Waals surface area contributed by atoms with Gasteiger partial charge in [-0.05, 0) is 55.0 Å². The molecule has 2 rings (SSSR count). The number of benzene rings is 2. The lowest BCUT2D eigenvalue weighted by molar-refractivity contribution is -0.121. The third-order valence-electron chi connectivity index (χ3n) is 2.95. The van der Waals surface area contributed by atoms with Gasteiger partial charge in [-0.3, -0.25) is 10.1 Å². The first-order valence-corrected chi connectivity index (χ1v) is 8.35. The average Bonchev–Trinajstić information content (AvgIpc) is 2.51. The van der Waals surface area contributed by atoms with E-state index in [0.717, 1.165) is 5.56 Å².